The molecule has 0 saturated heterocycles. The Balaban J connectivity index is 1.98. The summed E-state index contributed by atoms with van der Waals surface area (Å²) < 4.78 is 5.44. The highest BCUT2D eigenvalue weighted by molar-refractivity contribution is 6.02. The minimum atomic E-state index is -1.08. The number of carbonyl (C=O) groups is 3. The van der Waals surface area contributed by atoms with E-state index in [0.717, 1.165) is 26.9 Å². The van der Waals surface area contributed by atoms with Crippen LogP contribution in [0.3, 0.4) is 0 Å². The maximum absolute atomic E-state index is 14.0. The van der Waals surface area contributed by atoms with Crippen LogP contribution >= 0.6 is 0 Å². The van der Waals surface area contributed by atoms with Crippen LogP contribution in [0.5, 0.6) is 0 Å². The molecular weight excluding hydrogens is 480 g/mol. The van der Waals surface area contributed by atoms with E-state index in [1.807, 2.05) is 68.4 Å². The number of hydrogen-bond acceptors (Lipinski definition) is 5. The molecule has 3 amide bonds. The normalized spacial score (nSPS) is 13.4. The number of amides is 3. The van der Waals surface area contributed by atoms with Gasteiger partial charge in [-0.25, -0.2) is 4.79 Å². The second-order valence-corrected chi connectivity index (χ2v) is 10.8. The largest absolute Gasteiger partial charge is 0.444 e. The van der Waals surface area contributed by atoms with Crippen molar-refractivity contribution in [1.82, 2.24) is 15.2 Å². The maximum Gasteiger partial charge on any atom is 0.408 e. The first-order valence-corrected chi connectivity index (χ1v) is 12.8. The van der Waals surface area contributed by atoms with E-state index in [1.54, 1.807) is 33.0 Å². The Kier molecular flexibility index (Phi) is 9.47. The van der Waals surface area contributed by atoms with Gasteiger partial charge < -0.3 is 20.8 Å². The molecule has 8 heteroatoms. The molecule has 0 aliphatic heterocycles. The number of ether oxygens (including phenoxy) is 1. The first-order chi connectivity index (χ1) is 17.9. The monoisotopic (exact) mass is 518 g/mol. The van der Waals surface area contributed by atoms with Crippen molar-refractivity contribution in [1.29, 1.82) is 0 Å². The molecule has 0 saturated carbocycles. The van der Waals surface area contributed by atoms with Crippen LogP contribution in [0.1, 0.15) is 52.2 Å². The smallest absolute Gasteiger partial charge is 0.408 e. The molecule has 38 heavy (non-hydrogen) atoms. The van der Waals surface area contributed by atoms with E-state index in [0.29, 0.717) is 6.42 Å². The summed E-state index contributed by atoms with van der Waals surface area (Å²) in [6.45, 7) is 9.15. The second-order valence-electron chi connectivity index (χ2n) is 10.8. The number of imide groups is 1. The molecule has 3 aromatic rings. The van der Waals surface area contributed by atoms with E-state index in [4.69, 9.17) is 10.5 Å². The number of para-hydroxylation sites is 1. The van der Waals surface area contributed by atoms with Crippen LogP contribution in [0.2, 0.25) is 0 Å². The lowest BCUT2D eigenvalue weighted by atomic mass is 10.0. The number of nitrogens with two attached hydrogens (primary N) is 1. The third-order valence-electron chi connectivity index (χ3n) is 5.82. The number of nitrogens with zero attached hydrogens (tertiary/aromatic N) is 1. The van der Waals surface area contributed by atoms with Crippen LogP contribution in [-0.2, 0) is 20.7 Å². The second kappa shape index (κ2) is 12.6. The summed E-state index contributed by atoms with van der Waals surface area (Å²) in [7, 11) is 0. The van der Waals surface area contributed by atoms with Gasteiger partial charge in [0, 0.05) is 29.7 Å². The van der Waals surface area contributed by atoms with Crippen LogP contribution in [0, 0.1) is 5.92 Å². The zero-order valence-electron chi connectivity index (χ0n) is 22.7. The highest BCUT2D eigenvalue weighted by Crippen LogP contribution is 2.21. The zero-order chi connectivity index (χ0) is 27.9. The predicted octanol–water partition coefficient (Wildman–Crippen LogP) is 5.00. The van der Waals surface area contributed by atoms with Crippen molar-refractivity contribution in [3.63, 3.8) is 0 Å². The fraction of sp³-hybridized carbons (Fsp3) is 0.367. The van der Waals surface area contributed by atoms with Crippen molar-refractivity contribution in [3.05, 3.63) is 78.1 Å². The molecule has 0 radical (unpaired) electrons. The van der Waals surface area contributed by atoms with Gasteiger partial charge in [-0.05, 0) is 56.4 Å². The van der Waals surface area contributed by atoms with Crippen molar-refractivity contribution in [3.8, 4) is 0 Å². The summed E-state index contributed by atoms with van der Waals surface area (Å²) in [5.41, 5.74) is 8.00. The minimum absolute atomic E-state index is 0.143. The number of carbonyl (C=O) groups excluding carboxylic acids is 3. The molecule has 2 aromatic carbocycles. The van der Waals surface area contributed by atoms with Gasteiger partial charge in [0.25, 0.3) is 5.91 Å². The third kappa shape index (κ3) is 8.05. The summed E-state index contributed by atoms with van der Waals surface area (Å²) in [5.74, 6) is -0.978. The number of aromatic nitrogens is 1. The summed E-state index contributed by atoms with van der Waals surface area (Å²) in [5, 5.41) is 3.62. The SMILES string of the molecule is CC(C)C[C@H](N)C(=O)N(C=Cc1ccccc1)C(=O)[C@H](Cc1c[nH]c2ccccc12)NC(=O)OC(C)(C)C. The van der Waals surface area contributed by atoms with Crippen LogP contribution in [0.25, 0.3) is 17.0 Å². The van der Waals surface area contributed by atoms with Crippen molar-refractivity contribution in [2.45, 2.75) is 65.1 Å². The molecule has 0 unspecified atom stereocenters. The fourth-order valence-corrected chi connectivity index (χ4v) is 4.11. The van der Waals surface area contributed by atoms with E-state index in [1.165, 1.54) is 6.20 Å². The number of aromatic amines is 1. The van der Waals surface area contributed by atoms with Crippen LogP contribution in [0.4, 0.5) is 4.79 Å². The Morgan fingerprint density at radius 2 is 1.68 bits per heavy atom. The Hall–Kier alpha value is -3.91. The number of alkyl carbamates (subject to hydrolysis) is 1. The van der Waals surface area contributed by atoms with Crippen molar-refractivity contribution in [2.24, 2.45) is 11.7 Å². The molecule has 0 aliphatic carbocycles. The lowest BCUT2D eigenvalue weighted by Gasteiger charge is -2.27. The lowest BCUT2D eigenvalue weighted by molar-refractivity contribution is -0.143. The number of H-pyrrole nitrogens is 1. The third-order valence-corrected chi connectivity index (χ3v) is 5.82. The van der Waals surface area contributed by atoms with Gasteiger partial charge >= 0.3 is 6.09 Å². The zero-order valence-corrected chi connectivity index (χ0v) is 22.7. The lowest BCUT2D eigenvalue weighted by Crippen LogP contribution is -2.53. The van der Waals surface area contributed by atoms with Gasteiger partial charge in [-0.2, -0.15) is 0 Å². The first-order valence-electron chi connectivity index (χ1n) is 12.8. The molecule has 0 bridgehead atoms. The van der Waals surface area contributed by atoms with Crippen molar-refractivity contribution < 1.29 is 19.1 Å². The molecule has 8 nitrogen and oxygen atoms in total. The molecule has 3 rings (SSSR count). The van der Waals surface area contributed by atoms with Crippen LogP contribution in [0.15, 0.2) is 67.0 Å². The highest BCUT2D eigenvalue weighted by Gasteiger charge is 2.33. The predicted molar refractivity (Wildman–Crippen MR) is 150 cm³/mol. The van der Waals surface area contributed by atoms with Crippen molar-refractivity contribution >= 4 is 34.9 Å². The molecule has 1 heterocycles. The van der Waals surface area contributed by atoms with Gasteiger partial charge in [-0.15, -0.1) is 0 Å². The van der Waals surface area contributed by atoms with Gasteiger partial charge in [0.1, 0.15) is 11.6 Å². The standard InChI is InChI=1S/C30H38N4O4/c1-20(2)17-24(31)27(35)34(16-15-21-11-7-6-8-12-21)28(36)26(33-29(37)38-30(3,4)5)18-22-19-32-25-14-10-9-13-23(22)25/h6-16,19-20,24,26,32H,17-18,31H2,1-5H3,(H,33,37)/t24-,26-/m0/s1. The maximum atomic E-state index is 14.0. The van der Waals surface area contributed by atoms with Gasteiger partial charge in [0.05, 0.1) is 6.04 Å². The molecule has 1 aromatic heterocycles. The van der Waals surface area contributed by atoms with Gasteiger partial charge in [-0.3, -0.25) is 14.5 Å². The Morgan fingerprint density at radius 1 is 1.03 bits per heavy atom. The summed E-state index contributed by atoms with van der Waals surface area (Å²) in [6.07, 6.45) is 4.71. The van der Waals surface area contributed by atoms with E-state index < -0.39 is 35.6 Å². The molecule has 4 N–H and O–H groups in total. The van der Waals surface area contributed by atoms with E-state index in [2.05, 4.69) is 10.3 Å². The number of benzene rings is 2. The van der Waals surface area contributed by atoms with E-state index in [9.17, 15) is 14.4 Å². The summed E-state index contributed by atoms with van der Waals surface area (Å²) >= 11 is 0. The quantitative estimate of drug-likeness (QED) is 0.368. The van der Waals surface area contributed by atoms with Crippen molar-refractivity contribution in [2.75, 3.05) is 0 Å². The van der Waals surface area contributed by atoms with E-state index in [-0.39, 0.29) is 12.3 Å². The molecule has 0 spiro atoms. The Bertz CT molecular complexity index is 1270. The molecule has 0 aliphatic rings. The number of rotatable bonds is 9. The number of fused-ring (bicyclic) bond motifs is 1. The molecular formula is C30H38N4O4. The van der Waals surface area contributed by atoms with Gasteiger partial charge in [0.2, 0.25) is 5.91 Å². The highest BCUT2D eigenvalue weighted by atomic mass is 16.6. The van der Waals surface area contributed by atoms with E-state index >= 15 is 0 Å². The van der Waals surface area contributed by atoms with Crippen LogP contribution in [-0.4, -0.2) is 45.5 Å². The summed E-state index contributed by atoms with van der Waals surface area (Å²) in [4.78, 5) is 44.4. The number of hydrogen-bond donors (Lipinski definition) is 3. The average molecular weight is 519 g/mol. The summed E-state index contributed by atoms with van der Waals surface area (Å²) in [6, 6.07) is 15.0. The Labute approximate surface area is 224 Å². The van der Waals surface area contributed by atoms with Gasteiger partial charge in [0.15, 0.2) is 0 Å². The topological polar surface area (TPSA) is 118 Å². The first kappa shape index (κ1) is 28.7. The molecule has 0 fully saturated rings. The average Bonchev–Trinajstić information content (AvgIpc) is 3.25. The minimum Gasteiger partial charge on any atom is -0.444 e. The number of nitrogens with one attached hydrogen (secondary N) is 2. The molecule has 2 atom stereocenters. The fourth-order valence-electron chi connectivity index (χ4n) is 4.11. The Morgan fingerprint density at radius 3 is 2.34 bits per heavy atom. The molecule has 202 valence electrons. The van der Waals surface area contributed by atoms with Crippen LogP contribution < -0.4 is 11.1 Å². The van der Waals surface area contributed by atoms with Gasteiger partial charge in [-0.1, -0.05) is 62.4 Å².